The van der Waals surface area contributed by atoms with Gasteiger partial charge in [0, 0.05) is 6.07 Å². The highest BCUT2D eigenvalue weighted by atomic mass is 16.6. The average Bonchev–Trinajstić information content (AvgIpc) is 2.61. The lowest BCUT2D eigenvalue weighted by atomic mass is 10.1. The molecule has 0 bridgehead atoms. The maximum absolute atomic E-state index is 11.6. The first kappa shape index (κ1) is 18.3. The van der Waals surface area contributed by atoms with Gasteiger partial charge in [-0.05, 0) is 12.1 Å². The van der Waals surface area contributed by atoms with E-state index in [9.17, 15) is 30.1 Å². The Morgan fingerprint density at radius 1 is 1.19 bits per heavy atom. The Balaban J connectivity index is 2.06. The number of hydrogen-bond acceptors (Lipinski definition) is 8. The van der Waals surface area contributed by atoms with Gasteiger partial charge in [-0.1, -0.05) is 18.2 Å². The fourth-order valence-corrected chi connectivity index (χ4v) is 1.84. The van der Waals surface area contributed by atoms with Crippen molar-refractivity contribution in [2.45, 2.75) is 0 Å². The zero-order valence-corrected chi connectivity index (χ0v) is 13.1. The van der Waals surface area contributed by atoms with Gasteiger partial charge in [-0.25, -0.2) is 5.43 Å². The van der Waals surface area contributed by atoms with Crippen LogP contribution in [0.2, 0.25) is 0 Å². The van der Waals surface area contributed by atoms with Gasteiger partial charge in [-0.3, -0.25) is 25.0 Å². The zero-order valence-electron chi connectivity index (χ0n) is 13.1. The van der Waals surface area contributed by atoms with Crippen molar-refractivity contribution in [2.24, 2.45) is 5.10 Å². The molecule has 26 heavy (non-hydrogen) atoms. The minimum atomic E-state index is -0.966. The Hall–Kier alpha value is -4.02. The van der Waals surface area contributed by atoms with Crippen LogP contribution in [0, 0.1) is 20.2 Å². The number of carbonyl (C=O) groups is 1. The molecule has 2 rings (SSSR count). The van der Waals surface area contributed by atoms with Gasteiger partial charge in [0.15, 0.2) is 6.61 Å². The lowest BCUT2D eigenvalue weighted by Crippen LogP contribution is -2.24. The van der Waals surface area contributed by atoms with E-state index in [0.29, 0.717) is 11.8 Å². The predicted molar refractivity (Wildman–Crippen MR) is 89.1 cm³/mol. The van der Waals surface area contributed by atoms with E-state index in [-0.39, 0.29) is 12.2 Å². The Bertz CT molecular complexity index is 868. The van der Waals surface area contributed by atoms with Crippen LogP contribution in [-0.4, -0.2) is 33.7 Å². The van der Waals surface area contributed by atoms with Crippen LogP contribution >= 0.6 is 0 Å². The van der Waals surface area contributed by atoms with Crippen molar-refractivity contribution in [1.29, 1.82) is 0 Å². The second-order valence-corrected chi connectivity index (χ2v) is 4.81. The minimum absolute atomic E-state index is 0.296. The molecule has 0 atom stereocenters. The van der Waals surface area contributed by atoms with Gasteiger partial charge >= 0.3 is 5.69 Å². The minimum Gasteiger partial charge on any atom is -0.502 e. The van der Waals surface area contributed by atoms with E-state index >= 15 is 0 Å². The van der Waals surface area contributed by atoms with E-state index in [2.05, 4.69) is 10.5 Å². The predicted octanol–water partition coefficient (Wildman–Crippen LogP) is 1.74. The number of para-hydroxylation sites is 1. The maximum atomic E-state index is 11.6. The monoisotopic (exact) mass is 360 g/mol. The topological polar surface area (TPSA) is 157 Å². The van der Waals surface area contributed by atoms with Gasteiger partial charge in [0.1, 0.15) is 5.75 Å². The standard InChI is InChI=1S/C15H12N4O7/c20-14(9-26-12-4-2-1-3-5-12)17-16-8-10-6-11(18(22)23)7-13(15(10)21)19(24)25/h1-8,21H,9H2,(H,17,20). The largest absolute Gasteiger partial charge is 0.502 e. The average molecular weight is 360 g/mol. The number of hydrazone groups is 1. The van der Waals surface area contributed by atoms with E-state index < -0.39 is 32.9 Å². The first-order valence-electron chi connectivity index (χ1n) is 7.04. The molecular weight excluding hydrogens is 348 g/mol. The van der Waals surface area contributed by atoms with Gasteiger partial charge in [-0.15, -0.1) is 0 Å². The van der Waals surface area contributed by atoms with Crippen molar-refractivity contribution in [3.05, 3.63) is 68.3 Å². The maximum Gasteiger partial charge on any atom is 0.318 e. The number of non-ortho nitro benzene ring substituents is 1. The smallest absolute Gasteiger partial charge is 0.318 e. The third-order valence-electron chi connectivity index (χ3n) is 3.02. The van der Waals surface area contributed by atoms with Gasteiger partial charge in [0.25, 0.3) is 11.6 Å². The molecule has 0 saturated heterocycles. The summed E-state index contributed by atoms with van der Waals surface area (Å²) in [5.74, 6) is -0.970. The molecule has 2 N–H and O–H groups in total. The van der Waals surface area contributed by atoms with Crippen molar-refractivity contribution < 1.29 is 24.5 Å². The Morgan fingerprint density at radius 2 is 1.88 bits per heavy atom. The highest BCUT2D eigenvalue weighted by Crippen LogP contribution is 2.33. The number of ether oxygens (including phenoxy) is 1. The van der Waals surface area contributed by atoms with Crippen molar-refractivity contribution in [1.82, 2.24) is 5.43 Å². The van der Waals surface area contributed by atoms with Crippen molar-refractivity contribution in [3.63, 3.8) is 0 Å². The third-order valence-corrected chi connectivity index (χ3v) is 3.02. The number of hydrogen-bond donors (Lipinski definition) is 2. The number of aromatic hydroxyl groups is 1. The molecule has 11 nitrogen and oxygen atoms in total. The second-order valence-electron chi connectivity index (χ2n) is 4.81. The van der Waals surface area contributed by atoms with Crippen molar-refractivity contribution >= 4 is 23.5 Å². The molecule has 2 aromatic carbocycles. The van der Waals surface area contributed by atoms with E-state index in [1.165, 1.54) is 0 Å². The molecule has 0 aromatic heterocycles. The highest BCUT2D eigenvalue weighted by Gasteiger charge is 2.23. The molecule has 0 aliphatic carbocycles. The fourth-order valence-electron chi connectivity index (χ4n) is 1.84. The molecule has 0 heterocycles. The summed E-state index contributed by atoms with van der Waals surface area (Å²) in [6, 6.07) is 10.0. The van der Waals surface area contributed by atoms with E-state index in [1.807, 2.05) is 0 Å². The number of nitro groups is 2. The summed E-state index contributed by atoms with van der Waals surface area (Å²) in [6.45, 7) is -0.345. The summed E-state index contributed by atoms with van der Waals surface area (Å²) in [6.07, 6.45) is 0.857. The highest BCUT2D eigenvalue weighted by molar-refractivity contribution is 5.88. The number of phenolic OH excluding ortho intramolecular Hbond substituents is 1. The number of carbonyl (C=O) groups excluding carboxylic acids is 1. The summed E-state index contributed by atoms with van der Waals surface area (Å²) in [5, 5.41) is 35.0. The Labute approximate surface area is 145 Å². The molecule has 0 radical (unpaired) electrons. The summed E-state index contributed by atoms with van der Waals surface area (Å²) in [5.41, 5.74) is 0.335. The summed E-state index contributed by atoms with van der Waals surface area (Å²) in [4.78, 5) is 31.5. The van der Waals surface area contributed by atoms with Crippen LogP contribution in [0.1, 0.15) is 5.56 Å². The number of phenols is 1. The second kappa shape index (κ2) is 8.19. The van der Waals surface area contributed by atoms with Crippen LogP contribution < -0.4 is 10.2 Å². The molecule has 2 aromatic rings. The first-order valence-corrected chi connectivity index (χ1v) is 7.04. The molecule has 1 amide bonds. The molecule has 0 fully saturated rings. The van der Waals surface area contributed by atoms with Crippen LogP contribution in [0.15, 0.2) is 47.6 Å². The summed E-state index contributed by atoms with van der Waals surface area (Å²) < 4.78 is 5.18. The molecule has 0 aliphatic rings. The summed E-state index contributed by atoms with van der Waals surface area (Å²) >= 11 is 0. The number of rotatable bonds is 7. The van der Waals surface area contributed by atoms with Crippen molar-refractivity contribution in [3.8, 4) is 11.5 Å². The van der Waals surface area contributed by atoms with E-state index in [0.717, 1.165) is 12.3 Å². The SMILES string of the molecule is O=C(COc1ccccc1)NN=Cc1cc([N+](=O)[O-])cc([N+](=O)[O-])c1O. The first-order chi connectivity index (χ1) is 12.4. The van der Waals surface area contributed by atoms with Crippen LogP contribution in [0.4, 0.5) is 11.4 Å². The Morgan fingerprint density at radius 3 is 2.50 bits per heavy atom. The van der Waals surface area contributed by atoms with Crippen LogP contribution in [0.5, 0.6) is 11.5 Å². The molecule has 134 valence electrons. The molecule has 0 saturated carbocycles. The number of nitro benzene ring substituents is 2. The van der Waals surface area contributed by atoms with Gasteiger partial charge in [-0.2, -0.15) is 5.10 Å². The number of benzene rings is 2. The van der Waals surface area contributed by atoms with Crippen LogP contribution in [0.25, 0.3) is 0 Å². The quantitative estimate of drug-likeness (QED) is 0.432. The zero-order chi connectivity index (χ0) is 19.1. The molecular formula is C15H12N4O7. The molecule has 0 aliphatic heterocycles. The lowest BCUT2D eigenvalue weighted by molar-refractivity contribution is -0.394. The molecule has 11 heteroatoms. The van der Waals surface area contributed by atoms with Crippen LogP contribution in [0.3, 0.4) is 0 Å². The number of nitrogens with one attached hydrogen (secondary N) is 1. The fraction of sp³-hybridized carbons (Fsp3) is 0.0667. The van der Waals surface area contributed by atoms with Gasteiger partial charge < -0.3 is 9.84 Å². The number of nitrogens with zero attached hydrogens (tertiary/aromatic N) is 3. The van der Waals surface area contributed by atoms with Crippen molar-refractivity contribution in [2.75, 3.05) is 6.61 Å². The third kappa shape index (κ3) is 4.74. The van der Waals surface area contributed by atoms with E-state index in [4.69, 9.17) is 4.74 Å². The normalized spacial score (nSPS) is 10.5. The molecule has 0 unspecified atom stereocenters. The van der Waals surface area contributed by atoms with E-state index in [1.54, 1.807) is 30.3 Å². The van der Waals surface area contributed by atoms with Gasteiger partial charge in [0.05, 0.1) is 27.7 Å². The molecule has 0 spiro atoms. The van der Waals surface area contributed by atoms with Crippen LogP contribution in [-0.2, 0) is 4.79 Å². The van der Waals surface area contributed by atoms with Gasteiger partial charge in [0.2, 0.25) is 5.75 Å². The lowest BCUT2D eigenvalue weighted by Gasteiger charge is -2.04. The number of amides is 1. The summed E-state index contributed by atoms with van der Waals surface area (Å²) in [7, 11) is 0. The Kier molecular flexibility index (Phi) is 5.77.